The molecule has 2 aliphatic heterocycles. The Hall–Kier alpha value is -2.38. The van der Waals surface area contributed by atoms with Crippen LogP contribution in [0.15, 0.2) is 24.3 Å². The molecule has 7 nitrogen and oxygen atoms in total. The van der Waals surface area contributed by atoms with Gasteiger partial charge >= 0.3 is 0 Å². The summed E-state index contributed by atoms with van der Waals surface area (Å²) in [5, 5.41) is 0. The highest BCUT2D eigenvalue weighted by atomic mass is 16.5. The summed E-state index contributed by atoms with van der Waals surface area (Å²) in [7, 11) is 0. The van der Waals surface area contributed by atoms with E-state index < -0.39 is 0 Å². The third-order valence-corrected chi connectivity index (χ3v) is 5.96. The number of aryl methyl sites for hydroxylation is 2. The van der Waals surface area contributed by atoms with Crippen LogP contribution in [0.4, 0.5) is 0 Å². The maximum Gasteiger partial charge on any atom is 0.254 e. The lowest BCUT2D eigenvalue weighted by Crippen LogP contribution is -2.40. The van der Waals surface area contributed by atoms with E-state index in [4.69, 9.17) is 14.5 Å². The van der Waals surface area contributed by atoms with E-state index in [-0.39, 0.29) is 12.0 Å². The van der Waals surface area contributed by atoms with Crippen LogP contribution < -0.4 is 4.74 Å². The first-order valence-electron chi connectivity index (χ1n) is 11.0. The zero-order chi connectivity index (χ0) is 20.9. The topological polar surface area (TPSA) is 70.7 Å². The molecule has 7 heteroatoms. The smallest absolute Gasteiger partial charge is 0.254 e. The molecule has 1 amide bonds. The number of ether oxygens (including phenoxy) is 2. The van der Waals surface area contributed by atoms with E-state index in [1.165, 1.54) is 5.69 Å². The van der Waals surface area contributed by atoms with Crippen LogP contribution in [0.5, 0.6) is 5.75 Å². The molecule has 0 unspecified atom stereocenters. The van der Waals surface area contributed by atoms with Gasteiger partial charge in [-0.2, -0.15) is 0 Å². The highest BCUT2D eigenvalue weighted by molar-refractivity contribution is 5.94. The summed E-state index contributed by atoms with van der Waals surface area (Å²) in [6.07, 6.45) is 3.07. The lowest BCUT2D eigenvalue weighted by atomic mass is 10.1. The number of likely N-dealkylation sites (tertiary alicyclic amines) is 1. The number of aromatic nitrogens is 2. The van der Waals surface area contributed by atoms with E-state index in [0.717, 1.165) is 56.2 Å². The molecule has 2 saturated heterocycles. The molecule has 30 heavy (non-hydrogen) atoms. The van der Waals surface area contributed by atoms with E-state index in [2.05, 4.69) is 23.7 Å². The van der Waals surface area contributed by atoms with Gasteiger partial charge in [0.1, 0.15) is 17.7 Å². The van der Waals surface area contributed by atoms with Crippen molar-refractivity contribution in [3.05, 3.63) is 47.0 Å². The van der Waals surface area contributed by atoms with E-state index in [9.17, 15) is 4.79 Å². The van der Waals surface area contributed by atoms with Crippen LogP contribution in [0.25, 0.3) is 0 Å². The number of imidazole rings is 1. The van der Waals surface area contributed by atoms with Gasteiger partial charge in [0, 0.05) is 50.4 Å². The average Bonchev–Trinajstić information content (AvgIpc) is 3.15. The average molecular weight is 413 g/mol. The van der Waals surface area contributed by atoms with Gasteiger partial charge < -0.3 is 19.4 Å². The summed E-state index contributed by atoms with van der Waals surface area (Å²) in [5.74, 6) is 1.90. The van der Waals surface area contributed by atoms with E-state index in [0.29, 0.717) is 31.9 Å². The van der Waals surface area contributed by atoms with Gasteiger partial charge in [-0.1, -0.05) is 13.0 Å². The number of carbonyl (C=O) groups is 1. The molecule has 4 rings (SSSR count). The quantitative estimate of drug-likeness (QED) is 0.790. The number of piperidine rings is 1. The van der Waals surface area contributed by atoms with Gasteiger partial charge in [-0.05, 0) is 38.0 Å². The molecule has 0 spiro atoms. The number of amides is 1. The Morgan fingerprint density at radius 2 is 2.00 bits per heavy atom. The maximum atomic E-state index is 12.7. The Bertz CT molecular complexity index is 852. The van der Waals surface area contributed by atoms with Crippen molar-refractivity contribution in [1.29, 1.82) is 0 Å². The third-order valence-electron chi connectivity index (χ3n) is 5.96. The lowest BCUT2D eigenvalue weighted by molar-refractivity contribution is 0.0302. The Balaban J connectivity index is 1.29. The molecule has 2 aromatic rings. The van der Waals surface area contributed by atoms with Crippen LogP contribution in [0.3, 0.4) is 0 Å². The first kappa shape index (κ1) is 20.9. The molecule has 0 aliphatic carbocycles. The second-order valence-electron chi connectivity index (χ2n) is 8.13. The zero-order valence-electron chi connectivity index (χ0n) is 18.0. The van der Waals surface area contributed by atoms with Gasteiger partial charge in [0.25, 0.3) is 5.91 Å². The summed E-state index contributed by atoms with van der Waals surface area (Å²) in [4.78, 5) is 25.1. The minimum atomic E-state index is 0.0550. The van der Waals surface area contributed by atoms with Crippen molar-refractivity contribution >= 4 is 5.91 Å². The number of carbonyl (C=O) groups excluding carboxylic acids is 1. The summed E-state index contributed by atoms with van der Waals surface area (Å²) in [6, 6.07) is 7.60. The van der Waals surface area contributed by atoms with Crippen molar-refractivity contribution < 1.29 is 14.3 Å². The minimum absolute atomic E-state index is 0.0550. The maximum absolute atomic E-state index is 12.7. The molecule has 162 valence electrons. The van der Waals surface area contributed by atoms with Crippen molar-refractivity contribution in [2.75, 3.05) is 39.4 Å². The van der Waals surface area contributed by atoms with Gasteiger partial charge in [-0.3, -0.25) is 9.69 Å². The summed E-state index contributed by atoms with van der Waals surface area (Å²) in [6.45, 7) is 9.61. The largest absolute Gasteiger partial charge is 0.490 e. The van der Waals surface area contributed by atoms with Crippen molar-refractivity contribution in [2.45, 2.75) is 45.8 Å². The number of H-pyrrole nitrogens is 1. The second-order valence-corrected chi connectivity index (χ2v) is 8.13. The van der Waals surface area contributed by atoms with Gasteiger partial charge in [0.05, 0.1) is 18.9 Å². The first-order chi connectivity index (χ1) is 14.6. The second kappa shape index (κ2) is 9.62. The minimum Gasteiger partial charge on any atom is -0.490 e. The number of aromatic amines is 1. The first-order valence-corrected chi connectivity index (χ1v) is 11.0. The molecular weight excluding hydrogens is 380 g/mol. The highest BCUT2D eigenvalue weighted by Crippen LogP contribution is 2.22. The standard InChI is InChI=1S/C23H32N4O3/c1-3-22-24-17(2)21(25-22)16-26-9-7-19(8-10-26)30-20-6-4-5-18(15-20)23(28)27-11-13-29-14-12-27/h4-6,15,19H,3,7-14,16H2,1-2H3,(H,24,25). The molecular formula is C23H32N4O3. The number of hydrogen-bond acceptors (Lipinski definition) is 5. The SMILES string of the molecule is CCc1nc(CN2CCC(Oc3cccc(C(=O)N4CCOCC4)c3)CC2)c(C)[nH]1. The monoisotopic (exact) mass is 412 g/mol. The number of nitrogens with zero attached hydrogens (tertiary/aromatic N) is 3. The Labute approximate surface area is 178 Å². The highest BCUT2D eigenvalue weighted by Gasteiger charge is 2.23. The summed E-state index contributed by atoms with van der Waals surface area (Å²) >= 11 is 0. The van der Waals surface area contributed by atoms with E-state index >= 15 is 0 Å². The van der Waals surface area contributed by atoms with Crippen molar-refractivity contribution in [2.24, 2.45) is 0 Å². The number of nitrogens with one attached hydrogen (secondary N) is 1. The molecule has 1 aromatic carbocycles. The molecule has 0 atom stereocenters. The van der Waals surface area contributed by atoms with Crippen LogP contribution in [-0.4, -0.2) is 71.2 Å². The van der Waals surface area contributed by atoms with Gasteiger partial charge in [-0.15, -0.1) is 0 Å². The molecule has 1 aromatic heterocycles. The molecule has 3 heterocycles. The molecule has 0 radical (unpaired) electrons. The predicted octanol–water partition coefficient (Wildman–Crippen LogP) is 2.80. The van der Waals surface area contributed by atoms with E-state index in [1.807, 2.05) is 29.2 Å². The number of benzene rings is 1. The van der Waals surface area contributed by atoms with Crippen molar-refractivity contribution in [3.8, 4) is 5.75 Å². The third kappa shape index (κ3) is 5.02. The normalized spacial score (nSPS) is 18.5. The van der Waals surface area contributed by atoms with Crippen LogP contribution >= 0.6 is 0 Å². The van der Waals surface area contributed by atoms with Crippen LogP contribution in [0.1, 0.15) is 47.3 Å². The fourth-order valence-electron chi connectivity index (χ4n) is 4.13. The van der Waals surface area contributed by atoms with Crippen molar-refractivity contribution in [3.63, 3.8) is 0 Å². The van der Waals surface area contributed by atoms with Gasteiger partial charge in [-0.25, -0.2) is 4.98 Å². The summed E-state index contributed by atoms with van der Waals surface area (Å²) < 4.78 is 11.6. The summed E-state index contributed by atoms with van der Waals surface area (Å²) in [5.41, 5.74) is 3.01. The van der Waals surface area contributed by atoms with Crippen molar-refractivity contribution in [1.82, 2.24) is 19.8 Å². The number of hydrogen-bond donors (Lipinski definition) is 1. The van der Waals surface area contributed by atoms with E-state index in [1.54, 1.807) is 0 Å². The zero-order valence-corrected chi connectivity index (χ0v) is 18.0. The Morgan fingerprint density at radius 3 is 2.70 bits per heavy atom. The molecule has 2 aliphatic rings. The number of rotatable bonds is 6. The van der Waals surface area contributed by atoms with Gasteiger partial charge in [0.15, 0.2) is 0 Å². The molecule has 0 bridgehead atoms. The lowest BCUT2D eigenvalue weighted by Gasteiger charge is -2.32. The molecule has 0 saturated carbocycles. The Kier molecular flexibility index (Phi) is 6.69. The molecule has 1 N–H and O–H groups in total. The fourth-order valence-corrected chi connectivity index (χ4v) is 4.13. The fraction of sp³-hybridized carbons (Fsp3) is 0.565. The van der Waals surface area contributed by atoms with Gasteiger partial charge in [0.2, 0.25) is 0 Å². The Morgan fingerprint density at radius 1 is 1.23 bits per heavy atom. The number of morpholine rings is 1. The van der Waals surface area contributed by atoms with Crippen LogP contribution in [0, 0.1) is 6.92 Å². The predicted molar refractivity (Wildman–Crippen MR) is 115 cm³/mol. The van der Waals surface area contributed by atoms with Crippen LogP contribution in [0.2, 0.25) is 0 Å². The molecule has 2 fully saturated rings. The van der Waals surface area contributed by atoms with Crippen LogP contribution in [-0.2, 0) is 17.7 Å².